The molecule has 182 valence electrons. The third-order valence-corrected chi connectivity index (χ3v) is 7.71. The van der Waals surface area contributed by atoms with Gasteiger partial charge in [0, 0.05) is 5.56 Å². The van der Waals surface area contributed by atoms with E-state index < -0.39 is 17.7 Å². The summed E-state index contributed by atoms with van der Waals surface area (Å²) >= 11 is 1.36. The second-order valence-corrected chi connectivity index (χ2v) is 10.2. The van der Waals surface area contributed by atoms with Gasteiger partial charge in [-0.25, -0.2) is 4.98 Å². The van der Waals surface area contributed by atoms with Crippen LogP contribution < -0.4 is 9.64 Å². The Hall–Kier alpha value is -3.97. The van der Waals surface area contributed by atoms with Gasteiger partial charge >= 0.3 is 5.91 Å². The average Bonchev–Trinajstić information content (AvgIpc) is 3.36. The molecular formula is C29H26N2O4S. The molecular weight excluding hydrogens is 472 g/mol. The molecule has 0 spiro atoms. The van der Waals surface area contributed by atoms with Gasteiger partial charge in [-0.15, -0.1) is 0 Å². The fraction of sp³-hybridized carbons (Fsp3) is 0.207. The van der Waals surface area contributed by atoms with E-state index in [1.165, 1.54) is 16.2 Å². The number of hydrogen-bond acceptors (Lipinski definition) is 6. The molecule has 1 atom stereocenters. The van der Waals surface area contributed by atoms with Crippen LogP contribution >= 0.6 is 11.3 Å². The van der Waals surface area contributed by atoms with E-state index in [9.17, 15) is 14.7 Å². The standard InChI is InChI=1S/C29H26N2O4S/c1-15-7-6-8-19(11-15)25-24(26(32)21-10-9-20(35-5)12-18(21)4)27(33)28(34)31(25)29-30-22-13-16(2)17(3)14-23(22)36-29/h6-14,25,32H,1-5H3/b26-24+. The van der Waals surface area contributed by atoms with Crippen LogP contribution in [0.4, 0.5) is 5.13 Å². The number of carbonyl (C=O) groups excluding carboxylic acids is 2. The van der Waals surface area contributed by atoms with Crippen molar-refractivity contribution in [1.29, 1.82) is 0 Å². The molecule has 4 aromatic rings. The summed E-state index contributed by atoms with van der Waals surface area (Å²) in [5.41, 5.74) is 5.97. The number of aryl methyl sites for hydroxylation is 4. The monoisotopic (exact) mass is 498 g/mol. The summed E-state index contributed by atoms with van der Waals surface area (Å²) in [6.07, 6.45) is 0. The van der Waals surface area contributed by atoms with Crippen LogP contribution in [0.5, 0.6) is 5.75 Å². The van der Waals surface area contributed by atoms with E-state index in [-0.39, 0.29) is 11.3 Å². The second-order valence-electron chi connectivity index (χ2n) is 9.16. The van der Waals surface area contributed by atoms with Gasteiger partial charge in [-0.05, 0) is 80.3 Å². The lowest BCUT2D eigenvalue weighted by atomic mass is 9.93. The Labute approximate surface area is 213 Å². The predicted octanol–water partition coefficient (Wildman–Crippen LogP) is 6.16. The van der Waals surface area contributed by atoms with E-state index in [1.807, 2.05) is 64.1 Å². The van der Waals surface area contributed by atoms with Crippen molar-refractivity contribution in [2.45, 2.75) is 33.7 Å². The summed E-state index contributed by atoms with van der Waals surface area (Å²) in [6.45, 7) is 7.83. The molecule has 2 heterocycles. The third kappa shape index (κ3) is 3.85. The van der Waals surface area contributed by atoms with E-state index in [1.54, 1.807) is 25.3 Å². The van der Waals surface area contributed by atoms with Crippen molar-refractivity contribution in [3.8, 4) is 5.75 Å². The number of aliphatic hydroxyl groups excluding tert-OH is 1. The molecule has 0 aliphatic carbocycles. The Bertz CT molecular complexity index is 1540. The molecule has 1 aromatic heterocycles. The predicted molar refractivity (Wildman–Crippen MR) is 143 cm³/mol. The van der Waals surface area contributed by atoms with Crippen molar-refractivity contribution < 1.29 is 19.4 Å². The smallest absolute Gasteiger partial charge is 0.301 e. The Balaban J connectivity index is 1.74. The summed E-state index contributed by atoms with van der Waals surface area (Å²) < 4.78 is 6.22. The average molecular weight is 499 g/mol. The fourth-order valence-corrected chi connectivity index (χ4v) is 5.70. The lowest BCUT2D eigenvalue weighted by Crippen LogP contribution is -2.29. The van der Waals surface area contributed by atoms with Crippen LogP contribution in [0.25, 0.3) is 16.0 Å². The molecule has 3 aromatic carbocycles. The minimum Gasteiger partial charge on any atom is -0.507 e. The fourth-order valence-electron chi connectivity index (χ4n) is 4.63. The summed E-state index contributed by atoms with van der Waals surface area (Å²) in [7, 11) is 1.57. The highest BCUT2D eigenvalue weighted by Gasteiger charge is 2.48. The molecule has 1 N–H and O–H groups in total. The van der Waals surface area contributed by atoms with Crippen molar-refractivity contribution in [1.82, 2.24) is 4.98 Å². The first-order valence-corrected chi connectivity index (χ1v) is 12.4. The Kier molecular flexibility index (Phi) is 5.88. The molecule has 5 rings (SSSR count). The van der Waals surface area contributed by atoms with Gasteiger partial charge in [-0.1, -0.05) is 41.2 Å². The van der Waals surface area contributed by atoms with E-state index in [0.29, 0.717) is 16.4 Å². The maximum atomic E-state index is 13.5. The second kappa shape index (κ2) is 8.91. The summed E-state index contributed by atoms with van der Waals surface area (Å²) in [5.74, 6) is -1.02. The Morgan fingerprint density at radius 3 is 2.42 bits per heavy atom. The van der Waals surface area contributed by atoms with Crippen molar-refractivity contribution >= 4 is 44.1 Å². The molecule has 1 unspecified atom stereocenters. The number of anilines is 1. The van der Waals surface area contributed by atoms with Crippen molar-refractivity contribution in [3.63, 3.8) is 0 Å². The molecule has 7 heteroatoms. The minimum atomic E-state index is -0.811. The normalized spacial score (nSPS) is 17.2. The molecule has 1 aliphatic heterocycles. The van der Waals surface area contributed by atoms with Crippen LogP contribution in [0.2, 0.25) is 0 Å². The summed E-state index contributed by atoms with van der Waals surface area (Å²) in [4.78, 5) is 33.1. The number of hydrogen-bond donors (Lipinski definition) is 1. The van der Waals surface area contributed by atoms with Gasteiger partial charge in [-0.2, -0.15) is 0 Å². The van der Waals surface area contributed by atoms with Gasteiger partial charge in [0.2, 0.25) is 0 Å². The van der Waals surface area contributed by atoms with Crippen molar-refractivity contribution in [2.75, 3.05) is 12.0 Å². The number of nitrogens with zero attached hydrogens (tertiary/aromatic N) is 2. The van der Waals surface area contributed by atoms with Gasteiger partial charge in [-0.3, -0.25) is 14.5 Å². The number of fused-ring (bicyclic) bond motifs is 1. The van der Waals surface area contributed by atoms with Crippen molar-refractivity contribution in [3.05, 3.63) is 93.6 Å². The third-order valence-electron chi connectivity index (χ3n) is 6.69. The van der Waals surface area contributed by atoms with E-state index >= 15 is 0 Å². The Morgan fingerprint density at radius 1 is 0.972 bits per heavy atom. The van der Waals surface area contributed by atoms with Crippen molar-refractivity contribution in [2.24, 2.45) is 0 Å². The van der Waals surface area contributed by atoms with Gasteiger partial charge in [0.1, 0.15) is 11.5 Å². The molecule has 6 nitrogen and oxygen atoms in total. The maximum Gasteiger partial charge on any atom is 0.301 e. The first kappa shape index (κ1) is 23.8. The molecule has 1 amide bonds. The van der Waals surface area contributed by atoms with Crippen LogP contribution in [-0.4, -0.2) is 28.9 Å². The van der Waals surface area contributed by atoms with Crippen LogP contribution in [0.3, 0.4) is 0 Å². The first-order chi connectivity index (χ1) is 17.2. The SMILES string of the molecule is COc1ccc(/C(O)=C2\C(=O)C(=O)N(c3nc4cc(C)c(C)cc4s3)C2c2cccc(C)c2)c(C)c1. The zero-order valence-electron chi connectivity index (χ0n) is 20.7. The van der Waals surface area contributed by atoms with Gasteiger partial charge in [0.25, 0.3) is 5.78 Å². The molecule has 0 radical (unpaired) electrons. The van der Waals surface area contributed by atoms with Gasteiger partial charge in [0.15, 0.2) is 5.13 Å². The number of ether oxygens (including phenoxy) is 1. The number of methoxy groups -OCH3 is 1. The number of Topliss-reactive ketones (excluding diaryl/α,β-unsaturated/α-hetero) is 1. The number of carbonyl (C=O) groups is 2. The number of benzene rings is 3. The van der Waals surface area contributed by atoms with E-state index in [4.69, 9.17) is 9.72 Å². The zero-order valence-corrected chi connectivity index (χ0v) is 21.6. The van der Waals surface area contributed by atoms with Crippen LogP contribution in [0.15, 0.2) is 60.2 Å². The Morgan fingerprint density at radius 2 is 1.72 bits per heavy atom. The highest BCUT2D eigenvalue weighted by molar-refractivity contribution is 7.22. The molecule has 1 aliphatic rings. The van der Waals surface area contributed by atoms with Crippen LogP contribution in [0, 0.1) is 27.7 Å². The quantitative estimate of drug-likeness (QED) is 0.207. The van der Waals surface area contributed by atoms with Crippen LogP contribution in [-0.2, 0) is 9.59 Å². The molecule has 1 fully saturated rings. The molecule has 0 saturated carbocycles. The highest BCUT2D eigenvalue weighted by Crippen LogP contribution is 2.45. The molecule has 36 heavy (non-hydrogen) atoms. The minimum absolute atomic E-state index is 0.0467. The number of ketones is 1. The lowest BCUT2D eigenvalue weighted by molar-refractivity contribution is -0.132. The highest BCUT2D eigenvalue weighted by atomic mass is 32.1. The number of aromatic nitrogens is 1. The first-order valence-electron chi connectivity index (χ1n) is 11.6. The summed E-state index contributed by atoms with van der Waals surface area (Å²) in [5, 5.41) is 11.9. The number of thiazole rings is 1. The zero-order chi connectivity index (χ0) is 25.7. The van der Waals surface area contributed by atoms with E-state index in [2.05, 4.69) is 0 Å². The number of aliphatic hydroxyl groups is 1. The molecule has 0 bridgehead atoms. The maximum absolute atomic E-state index is 13.5. The van der Waals surface area contributed by atoms with Crippen LogP contribution in [0.1, 0.15) is 39.4 Å². The molecule has 1 saturated heterocycles. The summed E-state index contributed by atoms with van der Waals surface area (Å²) in [6, 6.07) is 16.1. The van der Waals surface area contributed by atoms with Gasteiger partial charge in [0.05, 0.1) is 28.9 Å². The largest absolute Gasteiger partial charge is 0.507 e. The topological polar surface area (TPSA) is 79.7 Å². The van der Waals surface area contributed by atoms with E-state index in [0.717, 1.165) is 38.0 Å². The van der Waals surface area contributed by atoms with Gasteiger partial charge < -0.3 is 9.84 Å². The number of amides is 1. The lowest BCUT2D eigenvalue weighted by Gasteiger charge is -2.23. The number of rotatable bonds is 4.